The highest BCUT2D eigenvalue weighted by Gasteiger charge is 2.30. The monoisotopic (exact) mass is 369 g/mol. The number of aromatic nitrogens is 1. The van der Waals surface area contributed by atoms with Crippen LogP contribution in [0, 0.1) is 0 Å². The second kappa shape index (κ2) is 7.85. The summed E-state index contributed by atoms with van der Waals surface area (Å²) >= 11 is 1.20. The van der Waals surface area contributed by atoms with Gasteiger partial charge in [0.25, 0.3) is 5.91 Å². The van der Waals surface area contributed by atoms with Crippen LogP contribution in [0.4, 0.5) is 13.9 Å². The van der Waals surface area contributed by atoms with E-state index in [0.717, 1.165) is 6.42 Å². The minimum atomic E-state index is -2.92. The summed E-state index contributed by atoms with van der Waals surface area (Å²) in [5.74, 6) is -0.250. The number of thiazole rings is 1. The van der Waals surface area contributed by atoms with Gasteiger partial charge in [-0.25, -0.2) is 4.98 Å². The molecule has 0 aliphatic carbocycles. The number of para-hydroxylation sites is 1. The number of alkyl halides is 2. The third kappa shape index (κ3) is 4.30. The number of rotatable bonds is 6. The Hall–Kier alpha value is -2.10. The lowest BCUT2D eigenvalue weighted by Crippen LogP contribution is -2.29. The largest absolute Gasteiger partial charge is 0.434 e. The normalized spacial score (nSPS) is 20.0. The Morgan fingerprint density at radius 2 is 2.24 bits per heavy atom. The molecule has 2 atom stereocenters. The average molecular weight is 369 g/mol. The Kier molecular flexibility index (Phi) is 5.57. The summed E-state index contributed by atoms with van der Waals surface area (Å²) < 4.78 is 35.1. The zero-order valence-electron chi connectivity index (χ0n) is 13.2. The van der Waals surface area contributed by atoms with Crippen LogP contribution in [-0.4, -0.2) is 36.3 Å². The fourth-order valence-corrected chi connectivity index (χ4v) is 3.30. The second-order valence-corrected chi connectivity index (χ2v) is 6.32. The number of carbonyl (C=O) groups is 1. The summed E-state index contributed by atoms with van der Waals surface area (Å²) in [6, 6.07) is 6.37. The number of nitrogens with zero attached hydrogens (tertiary/aromatic N) is 1. The van der Waals surface area contributed by atoms with E-state index in [4.69, 9.17) is 10.5 Å². The van der Waals surface area contributed by atoms with Gasteiger partial charge in [0.05, 0.1) is 11.8 Å². The first-order chi connectivity index (χ1) is 12.1. The smallest absolute Gasteiger partial charge is 0.387 e. The van der Waals surface area contributed by atoms with Gasteiger partial charge in [-0.1, -0.05) is 12.1 Å². The first-order valence-corrected chi connectivity index (χ1v) is 8.61. The molecule has 1 fully saturated rings. The minimum absolute atomic E-state index is 0.0330. The highest BCUT2D eigenvalue weighted by Crippen LogP contribution is 2.33. The van der Waals surface area contributed by atoms with Crippen LogP contribution in [0.25, 0.3) is 11.3 Å². The van der Waals surface area contributed by atoms with Gasteiger partial charge in [0.1, 0.15) is 11.9 Å². The predicted molar refractivity (Wildman–Crippen MR) is 89.8 cm³/mol. The van der Waals surface area contributed by atoms with E-state index >= 15 is 0 Å². The molecule has 134 valence electrons. The van der Waals surface area contributed by atoms with Crippen LogP contribution in [0.5, 0.6) is 5.75 Å². The van der Waals surface area contributed by atoms with Crippen molar-refractivity contribution in [3.8, 4) is 17.0 Å². The number of ether oxygens (including phenoxy) is 2. The zero-order chi connectivity index (χ0) is 17.8. The molecular formula is C16H17F2N3O3S. The van der Waals surface area contributed by atoms with E-state index in [0.29, 0.717) is 29.4 Å². The maximum absolute atomic E-state index is 12.5. The van der Waals surface area contributed by atoms with E-state index in [-0.39, 0.29) is 17.8 Å². The summed E-state index contributed by atoms with van der Waals surface area (Å²) in [4.78, 5) is 16.5. The maximum atomic E-state index is 12.5. The van der Waals surface area contributed by atoms with Gasteiger partial charge in [-0.3, -0.25) is 10.1 Å². The summed E-state index contributed by atoms with van der Waals surface area (Å²) in [5, 5.41) is 4.73. The molecule has 0 bridgehead atoms. The van der Waals surface area contributed by atoms with Gasteiger partial charge in [0.2, 0.25) is 0 Å². The van der Waals surface area contributed by atoms with Crippen molar-refractivity contribution in [1.29, 1.82) is 0 Å². The van der Waals surface area contributed by atoms with Crippen molar-refractivity contribution in [2.45, 2.75) is 31.7 Å². The number of anilines is 1. The van der Waals surface area contributed by atoms with Crippen LogP contribution in [0.15, 0.2) is 29.6 Å². The van der Waals surface area contributed by atoms with E-state index in [1.165, 1.54) is 17.4 Å². The fraction of sp³-hybridized carbons (Fsp3) is 0.375. The SMILES string of the molecule is NC[C@H]1CC[C@@H](C(=O)Nc2nc(-c3ccccc3OC(F)F)cs2)O1. The van der Waals surface area contributed by atoms with Crippen LogP contribution in [0.2, 0.25) is 0 Å². The van der Waals surface area contributed by atoms with Crippen molar-refractivity contribution in [3.05, 3.63) is 29.6 Å². The number of hydrogen-bond donors (Lipinski definition) is 2. The molecular weight excluding hydrogens is 352 g/mol. The second-order valence-electron chi connectivity index (χ2n) is 5.46. The molecule has 1 aliphatic rings. The number of nitrogens with one attached hydrogen (secondary N) is 1. The number of benzene rings is 1. The molecule has 2 aromatic rings. The molecule has 9 heteroatoms. The van der Waals surface area contributed by atoms with Gasteiger partial charge in [0.15, 0.2) is 5.13 Å². The number of carbonyl (C=O) groups excluding carboxylic acids is 1. The van der Waals surface area contributed by atoms with E-state index in [1.807, 2.05) is 0 Å². The Morgan fingerprint density at radius 1 is 1.44 bits per heavy atom. The summed E-state index contributed by atoms with van der Waals surface area (Å²) in [6.45, 7) is -2.54. The van der Waals surface area contributed by atoms with Gasteiger partial charge in [-0.15, -0.1) is 11.3 Å². The first kappa shape index (κ1) is 17.7. The molecule has 1 aromatic heterocycles. The highest BCUT2D eigenvalue weighted by atomic mass is 32.1. The molecule has 0 spiro atoms. The standard InChI is InChI=1S/C16H17F2N3O3S/c17-15(18)24-12-4-2-1-3-10(12)11-8-25-16(20-11)21-14(22)13-6-5-9(7-19)23-13/h1-4,8-9,13,15H,5-7,19H2,(H,20,21,22)/t9-,13+/m1/s1. The Morgan fingerprint density at radius 3 is 2.96 bits per heavy atom. The number of amides is 1. The van der Waals surface area contributed by atoms with Gasteiger partial charge in [0, 0.05) is 17.5 Å². The van der Waals surface area contributed by atoms with E-state index in [2.05, 4.69) is 15.0 Å². The fourth-order valence-electron chi connectivity index (χ4n) is 2.59. The van der Waals surface area contributed by atoms with Crippen molar-refractivity contribution < 1.29 is 23.0 Å². The van der Waals surface area contributed by atoms with Gasteiger partial charge in [-0.2, -0.15) is 8.78 Å². The average Bonchev–Trinajstić information content (AvgIpc) is 3.24. The van der Waals surface area contributed by atoms with Crippen LogP contribution in [0.3, 0.4) is 0 Å². The van der Waals surface area contributed by atoms with E-state index in [1.54, 1.807) is 23.6 Å². The lowest BCUT2D eigenvalue weighted by atomic mass is 10.1. The molecule has 3 N–H and O–H groups in total. The van der Waals surface area contributed by atoms with E-state index in [9.17, 15) is 13.6 Å². The molecule has 1 aliphatic heterocycles. The third-order valence-corrected chi connectivity index (χ3v) is 4.53. The van der Waals surface area contributed by atoms with Crippen LogP contribution in [0.1, 0.15) is 12.8 Å². The Bertz CT molecular complexity index is 741. The van der Waals surface area contributed by atoms with Gasteiger partial charge < -0.3 is 15.2 Å². The quantitative estimate of drug-likeness (QED) is 0.818. The van der Waals surface area contributed by atoms with Crippen molar-refractivity contribution in [3.63, 3.8) is 0 Å². The molecule has 6 nitrogen and oxygen atoms in total. The lowest BCUT2D eigenvalue weighted by molar-refractivity contribution is -0.126. The molecule has 2 heterocycles. The molecule has 0 radical (unpaired) electrons. The van der Waals surface area contributed by atoms with Gasteiger partial charge in [-0.05, 0) is 25.0 Å². The van der Waals surface area contributed by atoms with Crippen LogP contribution in [-0.2, 0) is 9.53 Å². The minimum Gasteiger partial charge on any atom is -0.434 e. The van der Waals surface area contributed by atoms with Crippen LogP contribution < -0.4 is 15.8 Å². The Balaban J connectivity index is 1.70. The van der Waals surface area contributed by atoms with Crippen molar-refractivity contribution in [1.82, 2.24) is 4.98 Å². The summed E-state index contributed by atoms with van der Waals surface area (Å²) in [5.41, 5.74) is 6.41. The summed E-state index contributed by atoms with van der Waals surface area (Å²) in [6.07, 6.45) is 0.712. The molecule has 0 unspecified atom stereocenters. The predicted octanol–water partition coefficient (Wildman–Crippen LogP) is 2.86. The topological polar surface area (TPSA) is 86.5 Å². The van der Waals surface area contributed by atoms with Crippen molar-refractivity contribution >= 4 is 22.4 Å². The third-order valence-electron chi connectivity index (χ3n) is 3.78. The molecule has 1 amide bonds. The molecule has 1 saturated heterocycles. The number of halogens is 2. The maximum Gasteiger partial charge on any atom is 0.387 e. The molecule has 1 aromatic carbocycles. The molecule has 0 saturated carbocycles. The van der Waals surface area contributed by atoms with Crippen LogP contribution >= 0.6 is 11.3 Å². The van der Waals surface area contributed by atoms with Crippen molar-refractivity contribution in [2.24, 2.45) is 5.73 Å². The first-order valence-electron chi connectivity index (χ1n) is 7.73. The zero-order valence-corrected chi connectivity index (χ0v) is 14.0. The highest BCUT2D eigenvalue weighted by molar-refractivity contribution is 7.14. The molecule has 25 heavy (non-hydrogen) atoms. The lowest BCUT2D eigenvalue weighted by Gasteiger charge is -2.11. The molecule has 3 rings (SSSR count). The summed E-state index contributed by atoms with van der Waals surface area (Å²) in [7, 11) is 0. The number of nitrogens with two attached hydrogens (primary N) is 1. The van der Waals surface area contributed by atoms with Gasteiger partial charge >= 0.3 is 6.61 Å². The Labute approximate surface area is 147 Å². The number of hydrogen-bond acceptors (Lipinski definition) is 6. The van der Waals surface area contributed by atoms with Crippen molar-refractivity contribution in [2.75, 3.05) is 11.9 Å². The van der Waals surface area contributed by atoms with E-state index < -0.39 is 12.7 Å².